The number of carbonyl (C=O) groups excluding carboxylic acids is 2. The van der Waals surface area contributed by atoms with Crippen molar-refractivity contribution in [3.63, 3.8) is 0 Å². The van der Waals surface area contributed by atoms with Crippen LogP contribution in [-0.4, -0.2) is 52.2 Å². The lowest BCUT2D eigenvalue weighted by molar-refractivity contribution is -0.165. The minimum Gasteiger partial charge on any atom is -0.390 e. The summed E-state index contributed by atoms with van der Waals surface area (Å²) in [5, 5.41) is 21.3. The molecule has 0 saturated carbocycles. The third-order valence-corrected chi connectivity index (χ3v) is 5.41. The molecular weight excluding hydrogens is 437 g/mol. The first-order valence-electron chi connectivity index (χ1n) is 9.41. The largest absolute Gasteiger partial charge is 0.390 e. The van der Waals surface area contributed by atoms with Gasteiger partial charge in [0, 0.05) is 24.3 Å². The van der Waals surface area contributed by atoms with Gasteiger partial charge in [-0.1, -0.05) is 11.6 Å². The van der Waals surface area contributed by atoms with E-state index in [2.05, 4.69) is 5.32 Å². The lowest BCUT2D eigenvalue weighted by atomic mass is 10.0. The number of alkyl halides is 2. The Hall–Kier alpha value is -2.62. The van der Waals surface area contributed by atoms with Crippen LogP contribution < -0.4 is 5.32 Å². The molecule has 0 spiro atoms. The number of likely N-dealkylation sites (tertiary alicyclic amines) is 1. The Morgan fingerprint density at radius 1 is 1.16 bits per heavy atom. The van der Waals surface area contributed by atoms with Gasteiger partial charge in [0.25, 0.3) is 11.8 Å². The second-order valence-electron chi connectivity index (χ2n) is 7.36. The zero-order valence-corrected chi connectivity index (χ0v) is 17.2. The van der Waals surface area contributed by atoms with Crippen molar-refractivity contribution in [2.24, 2.45) is 0 Å². The summed E-state index contributed by atoms with van der Waals surface area (Å²) < 4.78 is 43.4. The first kappa shape index (κ1) is 23.1. The lowest BCUT2D eigenvalue weighted by Gasteiger charge is -2.35. The van der Waals surface area contributed by atoms with Gasteiger partial charge in [-0.25, -0.2) is 4.39 Å². The Balaban J connectivity index is 1.84. The summed E-state index contributed by atoms with van der Waals surface area (Å²) in [5.74, 6) is -6.86. The molecule has 1 heterocycles. The van der Waals surface area contributed by atoms with Crippen molar-refractivity contribution >= 4 is 29.1 Å². The number of hydrogen-bond donors (Lipinski definition) is 3. The molecule has 3 N–H and O–H groups in total. The number of aliphatic hydroxyl groups excluding tert-OH is 2. The third-order valence-electron chi connectivity index (χ3n) is 5.08. The molecule has 1 aliphatic rings. The summed E-state index contributed by atoms with van der Waals surface area (Å²) in [5.41, 5.74) is -0.477. The van der Waals surface area contributed by atoms with Crippen LogP contribution >= 0.6 is 11.6 Å². The number of anilines is 1. The van der Waals surface area contributed by atoms with Gasteiger partial charge in [-0.2, -0.15) is 8.78 Å². The zero-order valence-electron chi connectivity index (χ0n) is 16.4. The van der Waals surface area contributed by atoms with Crippen molar-refractivity contribution in [1.29, 1.82) is 0 Å². The number of halogens is 4. The number of piperidine rings is 1. The second-order valence-corrected chi connectivity index (χ2v) is 7.77. The first-order chi connectivity index (χ1) is 14.5. The summed E-state index contributed by atoms with van der Waals surface area (Å²) in [6, 6.07) is 7.00. The fraction of sp³-hybridized carbons (Fsp3) is 0.333. The Labute approximate surface area is 181 Å². The maximum Gasteiger partial charge on any atom is 0.351 e. The average Bonchev–Trinajstić information content (AvgIpc) is 2.72. The Morgan fingerprint density at radius 2 is 1.87 bits per heavy atom. The zero-order chi connectivity index (χ0) is 22.9. The molecule has 10 heteroatoms. The van der Waals surface area contributed by atoms with Gasteiger partial charge in [0.15, 0.2) is 0 Å². The number of benzene rings is 2. The van der Waals surface area contributed by atoms with Crippen LogP contribution in [0.5, 0.6) is 0 Å². The minimum atomic E-state index is -4.07. The molecule has 6 nitrogen and oxygen atoms in total. The molecule has 2 amide bonds. The van der Waals surface area contributed by atoms with Gasteiger partial charge in [-0.05, 0) is 55.3 Å². The predicted octanol–water partition coefficient (Wildman–Crippen LogP) is 3.09. The van der Waals surface area contributed by atoms with Gasteiger partial charge in [0.05, 0.1) is 22.8 Å². The molecule has 3 rings (SSSR count). The van der Waals surface area contributed by atoms with Gasteiger partial charge in [0.2, 0.25) is 0 Å². The van der Waals surface area contributed by atoms with Gasteiger partial charge in [-0.3, -0.25) is 9.59 Å². The van der Waals surface area contributed by atoms with Crippen LogP contribution in [-0.2, 0) is 10.7 Å². The van der Waals surface area contributed by atoms with E-state index in [1.165, 1.54) is 25.1 Å². The standard InChI is InChI=1S/C21H20ClF3N2O4/c1-11-8-13(3-5-16(11)23)26-19(30)12-2-4-15(22)14(9-12)21(24,25)20(31)27-7-6-17(28)18(29)10-27/h2-5,8-9,17-18,28-29H,6-7,10H2,1H3,(H,26,30). The molecule has 1 saturated heterocycles. The molecule has 2 atom stereocenters. The number of amides is 2. The van der Waals surface area contributed by atoms with E-state index in [-0.39, 0.29) is 24.2 Å². The summed E-state index contributed by atoms with van der Waals surface area (Å²) in [7, 11) is 0. The molecule has 1 aliphatic heterocycles. The Morgan fingerprint density at radius 3 is 2.52 bits per heavy atom. The highest BCUT2D eigenvalue weighted by Crippen LogP contribution is 2.36. The number of nitrogens with zero attached hydrogens (tertiary/aromatic N) is 1. The molecule has 0 bridgehead atoms. The van der Waals surface area contributed by atoms with E-state index in [0.717, 1.165) is 23.1 Å². The summed E-state index contributed by atoms with van der Waals surface area (Å²) in [4.78, 5) is 25.7. The number of hydrogen-bond acceptors (Lipinski definition) is 4. The second kappa shape index (κ2) is 8.86. The van der Waals surface area contributed by atoms with Gasteiger partial charge in [0.1, 0.15) is 5.82 Å². The maximum atomic E-state index is 15.0. The van der Waals surface area contributed by atoms with Crippen LogP contribution in [0.15, 0.2) is 36.4 Å². The molecule has 166 valence electrons. The Bertz CT molecular complexity index is 1020. The molecular formula is C21H20ClF3N2O4. The number of aryl methyl sites for hydroxylation is 1. The van der Waals surface area contributed by atoms with E-state index < -0.39 is 52.9 Å². The lowest BCUT2D eigenvalue weighted by Crippen LogP contribution is -2.52. The molecule has 2 unspecified atom stereocenters. The fourth-order valence-corrected chi connectivity index (χ4v) is 3.49. The van der Waals surface area contributed by atoms with Crippen molar-refractivity contribution in [3.8, 4) is 0 Å². The summed E-state index contributed by atoms with van der Waals surface area (Å²) in [6.45, 7) is 0.903. The SMILES string of the molecule is Cc1cc(NC(=O)c2ccc(Cl)c(C(F)(F)C(=O)N3CCC(O)C(O)C3)c2)ccc1F. The topological polar surface area (TPSA) is 89.9 Å². The Kier molecular flexibility index (Phi) is 6.59. The van der Waals surface area contributed by atoms with Crippen molar-refractivity contribution in [2.45, 2.75) is 31.5 Å². The summed E-state index contributed by atoms with van der Waals surface area (Å²) in [6.07, 6.45) is -2.47. The molecule has 0 aromatic heterocycles. The van der Waals surface area contributed by atoms with E-state index >= 15 is 0 Å². The number of nitrogens with one attached hydrogen (secondary N) is 1. The van der Waals surface area contributed by atoms with Gasteiger partial charge < -0.3 is 20.4 Å². The molecule has 0 radical (unpaired) electrons. The van der Waals surface area contributed by atoms with Crippen LogP contribution in [0.1, 0.15) is 27.9 Å². The highest BCUT2D eigenvalue weighted by molar-refractivity contribution is 6.32. The summed E-state index contributed by atoms with van der Waals surface area (Å²) >= 11 is 5.91. The molecule has 2 aromatic carbocycles. The molecule has 31 heavy (non-hydrogen) atoms. The maximum absolute atomic E-state index is 15.0. The number of aliphatic hydroxyl groups is 2. The normalized spacial score (nSPS) is 19.3. The van der Waals surface area contributed by atoms with E-state index in [9.17, 15) is 33.0 Å². The van der Waals surface area contributed by atoms with Crippen LogP contribution in [0.25, 0.3) is 0 Å². The smallest absolute Gasteiger partial charge is 0.351 e. The quantitative estimate of drug-likeness (QED) is 0.659. The first-order valence-corrected chi connectivity index (χ1v) is 9.79. The van der Waals surface area contributed by atoms with Crippen LogP contribution in [0.4, 0.5) is 18.9 Å². The van der Waals surface area contributed by atoms with Crippen LogP contribution in [0.3, 0.4) is 0 Å². The number of rotatable bonds is 4. The molecule has 2 aromatic rings. The van der Waals surface area contributed by atoms with Crippen molar-refractivity contribution in [3.05, 3.63) is 63.9 Å². The van der Waals surface area contributed by atoms with Crippen molar-refractivity contribution in [2.75, 3.05) is 18.4 Å². The highest BCUT2D eigenvalue weighted by atomic mass is 35.5. The van der Waals surface area contributed by atoms with Gasteiger partial charge >= 0.3 is 5.92 Å². The fourth-order valence-electron chi connectivity index (χ4n) is 3.25. The van der Waals surface area contributed by atoms with E-state index in [0.29, 0.717) is 5.56 Å². The monoisotopic (exact) mass is 456 g/mol. The number of carbonyl (C=O) groups is 2. The predicted molar refractivity (Wildman–Crippen MR) is 108 cm³/mol. The molecule has 1 fully saturated rings. The number of β-amino-alcohol motifs (C(OH)–C–C–N with tert-alkyl or cyclic N) is 1. The van der Waals surface area contributed by atoms with E-state index in [1.807, 2.05) is 0 Å². The van der Waals surface area contributed by atoms with Crippen LogP contribution in [0, 0.1) is 12.7 Å². The molecule has 0 aliphatic carbocycles. The highest BCUT2D eigenvalue weighted by Gasteiger charge is 2.47. The average molecular weight is 457 g/mol. The minimum absolute atomic E-state index is 0.0454. The van der Waals surface area contributed by atoms with Crippen molar-refractivity contribution < 1.29 is 33.0 Å². The van der Waals surface area contributed by atoms with E-state index in [4.69, 9.17) is 11.6 Å². The third kappa shape index (κ3) is 4.84. The van der Waals surface area contributed by atoms with E-state index in [1.54, 1.807) is 0 Å². The van der Waals surface area contributed by atoms with Crippen LogP contribution in [0.2, 0.25) is 5.02 Å². The van der Waals surface area contributed by atoms with Crippen molar-refractivity contribution in [1.82, 2.24) is 4.90 Å². The van der Waals surface area contributed by atoms with Gasteiger partial charge in [-0.15, -0.1) is 0 Å².